The van der Waals surface area contributed by atoms with Crippen LogP contribution in [0.2, 0.25) is 5.02 Å². The average molecular weight is 342 g/mol. The number of halogens is 1. The molecule has 4 aromatic rings. The summed E-state index contributed by atoms with van der Waals surface area (Å²) < 4.78 is 11.4. The summed E-state index contributed by atoms with van der Waals surface area (Å²) in [7, 11) is 0. The molecule has 0 atom stereocenters. The first kappa shape index (κ1) is 14.7. The van der Waals surface area contributed by atoms with Gasteiger partial charge in [0.25, 0.3) is 0 Å². The van der Waals surface area contributed by atoms with Crippen LogP contribution in [-0.2, 0) is 6.61 Å². The first-order valence-corrected chi connectivity index (χ1v) is 7.63. The normalized spacial score (nSPS) is 11.2. The average Bonchev–Trinajstić information content (AvgIpc) is 3.16. The molecule has 2 aromatic heterocycles. The van der Waals surface area contributed by atoms with Crippen LogP contribution in [0, 0.1) is 0 Å². The summed E-state index contributed by atoms with van der Waals surface area (Å²) >= 11 is 6.03. The van der Waals surface area contributed by atoms with E-state index in [9.17, 15) is 4.79 Å². The molecule has 0 saturated heterocycles. The fourth-order valence-corrected chi connectivity index (χ4v) is 2.86. The quantitative estimate of drug-likeness (QED) is 0.556. The van der Waals surface area contributed by atoms with Crippen LogP contribution in [0.3, 0.4) is 0 Å². The third-order valence-corrected chi connectivity index (χ3v) is 4.09. The third-order valence-electron chi connectivity index (χ3n) is 3.85. The van der Waals surface area contributed by atoms with Crippen LogP contribution in [-0.4, -0.2) is 16.1 Å². The number of carbonyl (C=O) groups is 1. The highest BCUT2D eigenvalue weighted by Gasteiger charge is 2.12. The second-order valence-electron chi connectivity index (χ2n) is 5.40. The maximum absolute atomic E-state index is 11.1. The number of furan rings is 1. The van der Waals surface area contributed by atoms with Crippen LogP contribution in [0.4, 0.5) is 0 Å². The zero-order valence-electron chi connectivity index (χ0n) is 12.4. The van der Waals surface area contributed by atoms with Crippen molar-refractivity contribution in [1.82, 2.24) is 4.98 Å². The molecule has 0 radical (unpaired) electrons. The number of H-pyrrole nitrogens is 1. The number of hydrogen-bond acceptors (Lipinski definition) is 3. The van der Waals surface area contributed by atoms with E-state index in [1.807, 2.05) is 24.3 Å². The molecule has 5 nitrogen and oxygen atoms in total. The van der Waals surface area contributed by atoms with Gasteiger partial charge in [0.05, 0.1) is 6.26 Å². The Labute approximate surface area is 141 Å². The molecule has 4 rings (SSSR count). The number of rotatable bonds is 4. The highest BCUT2D eigenvalue weighted by atomic mass is 35.5. The molecule has 24 heavy (non-hydrogen) atoms. The fourth-order valence-electron chi connectivity index (χ4n) is 2.69. The summed E-state index contributed by atoms with van der Waals surface area (Å²) in [5, 5.41) is 11.4. The second-order valence-corrected chi connectivity index (χ2v) is 5.83. The first-order valence-electron chi connectivity index (χ1n) is 7.25. The lowest BCUT2D eigenvalue weighted by Gasteiger charge is -2.06. The lowest BCUT2D eigenvalue weighted by Crippen LogP contribution is -1.95. The number of carboxylic acids is 1. The van der Waals surface area contributed by atoms with E-state index >= 15 is 0 Å². The maximum Gasteiger partial charge on any atom is 0.352 e. The number of aromatic amines is 1. The van der Waals surface area contributed by atoms with Crippen molar-refractivity contribution < 1.29 is 19.1 Å². The van der Waals surface area contributed by atoms with Gasteiger partial charge >= 0.3 is 5.97 Å². The summed E-state index contributed by atoms with van der Waals surface area (Å²) in [6.45, 7) is 0.292. The molecule has 6 heteroatoms. The molecule has 120 valence electrons. The van der Waals surface area contributed by atoms with E-state index in [4.69, 9.17) is 25.9 Å². The zero-order valence-corrected chi connectivity index (χ0v) is 13.1. The van der Waals surface area contributed by atoms with E-state index < -0.39 is 5.97 Å². The Morgan fingerprint density at radius 3 is 2.92 bits per heavy atom. The molecular formula is C18H12ClNO4. The Morgan fingerprint density at radius 1 is 1.21 bits per heavy atom. The van der Waals surface area contributed by atoms with E-state index in [1.165, 1.54) is 0 Å². The summed E-state index contributed by atoms with van der Waals surface area (Å²) in [5.41, 5.74) is 2.45. The molecule has 0 aliphatic heterocycles. The smallest absolute Gasteiger partial charge is 0.352 e. The second kappa shape index (κ2) is 5.62. The predicted octanol–water partition coefficient (Wildman–Crippen LogP) is 4.84. The minimum Gasteiger partial charge on any atom is -0.488 e. The van der Waals surface area contributed by atoms with Crippen molar-refractivity contribution in [2.75, 3.05) is 0 Å². The molecule has 0 aliphatic rings. The summed E-state index contributed by atoms with van der Waals surface area (Å²) in [4.78, 5) is 14.0. The lowest BCUT2D eigenvalue weighted by molar-refractivity contribution is 0.0691. The number of aromatic carboxylic acids is 1. The minimum atomic E-state index is -1.01. The van der Waals surface area contributed by atoms with Crippen LogP contribution < -0.4 is 4.74 Å². The summed E-state index contributed by atoms with van der Waals surface area (Å²) in [5.74, 6) is -0.403. The summed E-state index contributed by atoms with van der Waals surface area (Å²) in [6, 6.07) is 12.4. The molecule has 0 spiro atoms. The Hall–Kier alpha value is -2.92. The lowest BCUT2D eigenvalue weighted by atomic mass is 10.2. The van der Waals surface area contributed by atoms with Crippen molar-refractivity contribution in [2.45, 2.75) is 6.61 Å². The van der Waals surface area contributed by atoms with Gasteiger partial charge in [0.1, 0.15) is 23.6 Å². The van der Waals surface area contributed by atoms with Crippen molar-refractivity contribution in [3.05, 3.63) is 65.0 Å². The highest BCUT2D eigenvalue weighted by molar-refractivity contribution is 6.31. The molecule has 0 fully saturated rings. The number of hydrogen-bond donors (Lipinski definition) is 2. The molecule has 0 aliphatic carbocycles. The highest BCUT2D eigenvalue weighted by Crippen LogP contribution is 2.29. The van der Waals surface area contributed by atoms with Crippen molar-refractivity contribution >= 4 is 39.4 Å². The molecule has 2 aromatic carbocycles. The number of carboxylic acid groups (broad SMARTS) is 1. The van der Waals surface area contributed by atoms with Gasteiger partial charge in [-0.05, 0) is 36.4 Å². The maximum atomic E-state index is 11.1. The van der Waals surface area contributed by atoms with E-state index in [0.717, 1.165) is 21.9 Å². The standard InChI is InChI=1S/C18H12ClNO4/c19-11-4-5-17-12(6-11)10(9-24-17)8-23-16-3-1-2-14-13(16)7-15(20-14)18(21)22/h1-7,9,20H,8H2,(H,21,22). The van der Waals surface area contributed by atoms with Crippen molar-refractivity contribution in [1.29, 1.82) is 0 Å². The van der Waals surface area contributed by atoms with Crippen molar-refractivity contribution in [3.63, 3.8) is 0 Å². The Kier molecular flexibility index (Phi) is 3.43. The van der Waals surface area contributed by atoms with E-state index in [1.54, 1.807) is 24.5 Å². The minimum absolute atomic E-state index is 0.126. The van der Waals surface area contributed by atoms with Gasteiger partial charge < -0.3 is 19.2 Å². The fraction of sp³-hybridized carbons (Fsp3) is 0.0556. The monoisotopic (exact) mass is 341 g/mol. The first-order chi connectivity index (χ1) is 11.6. The molecular weight excluding hydrogens is 330 g/mol. The zero-order chi connectivity index (χ0) is 16.7. The van der Waals surface area contributed by atoms with Crippen molar-refractivity contribution in [2.24, 2.45) is 0 Å². The Morgan fingerprint density at radius 2 is 2.08 bits per heavy atom. The van der Waals surface area contributed by atoms with Gasteiger partial charge in [-0.2, -0.15) is 0 Å². The van der Waals surface area contributed by atoms with Crippen LogP contribution in [0.1, 0.15) is 16.1 Å². The van der Waals surface area contributed by atoms with Gasteiger partial charge in [-0.1, -0.05) is 17.7 Å². The van der Waals surface area contributed by atoms with Gasteiger partial charge in [-0.25, -0.2) is 4.79 Å². The van der Waals surface area contributed by atoms with Gasteiger partial charge in [-0.15, -0.1) is 0 Å². The van der Waals surface area contributed by atoms with Gasteiger partial charge in [-0.3, -0.25) is 0 Å². The van der Waals surface area contributed by atoms with Crippen molar-refractivity contribution in [3.8, 4) is 5.75 Å². The summed E-state index contributed by atoms with van der Waals surface area (Å²) in [6.07, 6.45) is 1.64. The molecule has 2 N–H and O–H groups in total. The number of nitrogens with one attached hydrogen (secondary N) is 1. The Balaban J connectivity index is 1.66. The van der Waals surface area contributed by atoms with E-state index in [0.29, 0.717) is 22.9 Å². The number of ether oxygens (including phenoxy) is 1. The van der Waals surface area contributed by atoms with Crippen LogP contribution in [0.5, 0.6) is 5.75 Å². The molecule has 0 unspecified atom stereocenters. The van der Waals surface area contributed by atoms with Crippen LogP contribution >= 0.6 is 11.6 Å². The largest absolute Gasteiger partial charge is 0.488 e. The molecule has 0 saturated carbocycles. The third kappa shape index (κ3) is 2.49. The predicted molar refractivity (Wildman–Crippen MR) is 90.8 cm³/mol. The van der Waals surface area contributed by atoms with E-state index in [-0.39, 0.29) is 5.69 Å². The van der Waals surface area contributed by atoms with Crippen LogP contribution in [0.15, 0.2) is 53.1 Å². The number of aromatic nitrogens is 1. The molecule has 0 bridgehead atoms. The Bertz CT molecular complexity index is 1060. The number of benzene rings is 2. The topological polar surface area (TPSA) is 75.5 Å². The van der Waals surface area contributed by atoms with Gasteiger partial charge in [0, 0.05) is 26.9 Å². The van der Waals surface area contributed by atoms with Crippen LogP contribution in [0.25, 0.3) is 21.9 Å². The van der Waals surface area contributed by atoms with Gasteiger partial charge in [0.15, 0.2) is 0 Å². The molecule has 0 amide bonds. The van der Waals surface area contributed by atoms with Gasteiger partial charge in [0.2, 0.25) is 0 Å². The molecule has 2 heterocycles. The van der Waals surface area contributed by atoms with E-state index in [2.05, 4.69) is 4.98 Å². The number of fused-ring (bicyclic) bond motifs is 2. The SMILES string of the molecule is O=C(O)c1cc2c(OCc3coc4ccc(Cl)cc34)cccc2[nH]1.